The monoisotopic (exact) mass is 398 g/mol. The van der Waals surface area contributed by atoms with Crippen LogP contribution in [0.2, 0.25) is 0 Å². The number of hydrogen-bond donors (Lipinski definition) is 2. The molecule has 0 bridgehead atoms. The number of nitrogens with zero attached hydrogens (tertiary/aromatic N) is 4. The zero-order valence-corrected chi connectivity index (χ0v) is 15.8. The van der Waals surface area contributed by atoms with E-state index in [9.17, 15) is 10.1 Å². The quantitative estimate of drug-likeness (QED) is 0.342. The van der Waals surface area contributed by atoms with Crippen molar-refractivity contribution in [2.75, 3.05) is 10.6 Å². The number of nitrogens with one attached hydrogen (secondary N) is 2. The van der Waals surface area contributed by atoms with E-state index in [2.05, 4.69) is 25.6 Å². The number of rotatable bonds is 7. The molecular formula is C22H18N6O2. The molecule has 2 N–H and O–H groups in total. The molecule has 0 fully saturated rings. The van der Waals surface area contributed by atoms with E-state index < -0.39 is 4.92 Å². The molecule has 0 radical (unpaired) electrons. The second kappa shape index (κ2) is 8.78. The molecule has 2 aromatic carbocycles. The van der Waals surface area contributed by atoms with E-state index in [4.69, 9.17) is 0 Å². The number of aromatic nitrogens is 3. The van der Waals surface area contributed by atoms with Gasteiger partial charge in [0.15, 0.2) is 0 Å². The first-order valence-electron chi connectivity index (χ1n) is 9.25. The van der Waals surface area contributed by atoms with E-state index in [1.807, 2.05) is 60.7 Å². The molecule has 30 heavy (non-hydrogen) atoms. The van der Waals surface area contributed by atoms with Crippen LogP contribution < -0.4 is 10.6 Å². The minimum Gasteiger partial charge on any atom is -0.353 e. The Morgan fingerprint density at radius 3 is 1.93 bits per heavy atom. The molecule has 0 aliphatic heterocycles. The van der Waals surface area contributed by atoms with Crippen LogP contribution in [0.1, 0.15) is 17.2 Å². The van der Waals surface area contributed by atoms with Crippen molar-refractivity contribution in [3.8, 4) is 0 Å². The number of pyridine rings is 1. The van der Waals surface area contributed by atoms with Gasteiger partial charge in [0.1, 0.15) is 6.33 Å². The predicted octanol–water partition coefficient (Wildman–Crippen LogP) is 4.72. The highest BCUT2D eigenvalue weighted by Crippen LogP contribution is 2.35. The average molecular weight is 398 g/mol. The van der Waals surface area contributed by atoms with Crippen LogP contribution in [0.15, 0.2) is 91.5 Å². The first-order valence-corrected chi connectivity index (χ1v) is 9.25. The lowest BCUT2D eigenvalue weighted by molar-refractivity contribution is -0.383. The maximum absolute atomic E-state index is 11.9. The topological polar surface area (TPSA) is 106 Å². The molecule has 0 atom stereocenters. The number of nitro groups is 1. The van der Waals surface area contributed by atoms with Crippen molar-refractivity contribution in [2.24, 2.45) is 0 Å². The summed E-state index contributed by atoms with van der Waals surface area (Å²) < 4.78 is 0. The van der Waals surface area contributed by atoms with E-state index in [1.54, 1.807) is 24.5 Å². The van der Waals surface area contributed by atoms with E-state index in [1.165, 1.54) is 6.33 Å². The van der Waals surface area contributed by atoms with Crippen LogP contribution in [0.5, 0.6) is 0 Å². The Balaban J connectivity index is 1.75. The normalized spacial score (nSPS) is 10.6. The fourth-order valence-electron chi connectivity index (χ4n) is 3.11. The van der Waals surface area contributed by atoms with E-state index >= 15 is 0 Å². The molecule has 0 spiro atoms. The summed E-state index contributed by atoms with van der Waals surface area (Å²) in [5.74, 6) is 0.229. The van der Waals surface area contributed by atoms with Crippen LogP contribution in [-0.4, -0.2) is 19.9 Å². The molecule has 4 aromatic rings. The second-order valence-electron chi connectivity index (χ2n) is 6.44. The van der Waals surface area contributed by atoms with Gasteiger partial charge in [-0.1, -0.05) is 60.7 Å². The van der Waals surface area contributed by atoms with Crippen LogP contribution in [0.3, 0.4) is 0 Å². The highest BCUT2D eigenvalue weighted by Gasteiger charge is 2.26. The third-order valence-corrected chi connectivity index (χ3v) is 4.49. The van der Waals surface area contributed by atoms with E-state index in [0.717, 1.165) is 11.1 Å². The van der Waals surface area contributed by atoms with Crippen molar-refractivity contribution in [3.05, 3.63) is 113 Å². The highest BCUT2D eigenvalue weighted by atomic mass is 16.6. The molecule has 0 aliphatic rings. The molecule has 0 saturated heterocycles. The summed E-state index contributed by atoms with van der Waals surface area (Å²) in [7, 11) is 0. The van der Waals surface area contributed by atoms with Crippen molar-refractivity contribution < 1.29 is 4.92 Å². The lowest BCUT2D eigenvalue weighted by Gasteiger charge is -2.20. The lowest BCUT2D eigenvalue weighted by Crippen LogP contribution is -2.15. The number of benzene rings is 2. The van der Waals surface area contributed by atoms with Crippen molar-refractivity contribution in [2.45, 2.75) is 6.04 Å². The summed E-state index contributed by atoms with van der Waals surface area (Å²) in [4.78, 5) is 23.6. The maximum atomic E-state index is 11.9. The largest absolute Gasteiger partial charge is 0.353 e. The summed E-state index contributed by atoms with van der Waals surface area (Å²) in [6, 6.07) is 22.5. The predicted molar refractivity (Wildman–Crippen MR) is 115 cm³/mol. The minimum atomic E-state index is -0.487. The van der Waals surface area contributed by atoms with Gasteiger partial charge < -0.3 is 10.6 Å². The van der Waals surface area contributed by atoms with Crippen LogP contribution in [0.4, 0.5) is 23.0 Å². The third kappa shape index (κ3) is 4.22. The standard InChI is InChI=1S/C22H18N6O2/c29-28(30)20-21(26-18-11-13-23-14-12-18)24-15-25-22(20)27-19(16-7-3-1-4-8-16)17-9-5-2-6-10-17/h1-15,19H,(H2,23,24,25,26,27). The van der Waals surface area contributed by atoms with Crippen LogP contribution >= 0.6 is 0 Å². The third-order valence-electron chi connectivity index (χ3n) is 4.49. The van der Waals surface area contributed by atoms with Gasteiger partial charge >= 0.3 is 5.69 Å². The number of anilines is 3. The molecule has 0 aliphatic carbocycles. The van der Waals surface area contributed by atoms with E-state index in [-0.39, 0.29) is 23.4 Å². The summed E-state index contributed by atoms with van der Waals surface area (Å²) in [5, 5.41) is 18.1. The molecule has 2 heterocycles. The summed E-state index contributed by atoms with van der Waals surface area (Å²) in [5.41, 5.74) is 2.33. The Bertz CT molecular complexity index is 1080. The second-order valence-corrected chi connectivity index (χ2v) is 6.44. The maximum Gasteiger partial charge on any atom is 0.353 e. The van der Waals surface area contributed by atoms with Gasteiger partial charge in [-0.25, -0.2) is 9.97 Å². The van der Waals surface area contributed by atoms with Gasteiger partial charge in [0.25, 0.3) is 0 Å². The number of hydrogen-bond acceptors (Lipinski definition) is 7. The Morgan fingerprint density at radius 1 is 0.800 bits per heavy atom. The molecule has 0 saturated carbocycles. The Labute approximate surface area is 172 Å². The molecule has 0 amide bonds. The summed E-state index contributed by atoms with van der Waals surface area (Å²) in [6.45, 7) is 0. The van der Waals surface area contributed by atoms with Crippen LogP contribution in [0.25, 0.3) is 0 Å². The highest BCUT2D eigenvalue weighted by molar-refractivity contribution is 5.74. The summed E-state index contributed by atoms with van der Waals surface area (Å²) in [6.07, 6.45) is 4.48. The van der Waals surface area contributed by atoms with Gasteiger partial charge in [0.2, 0.25) is 11.6 Å². The Kier molecular flexibility index (Phi) is 5.56. The minimum absolute atomic E-state index is 0.101. The fraction of sp³-hybridized carbons (Fsp3) is 0.0455. The first kappa shape index (κ1) is 19.0. The molecular weight excluding hydrogens is 380 g/mol. The first-order chi connectivity index (χ1) is 14.7. The van der Waals surface area contributed by atoms with Gasteiger partial charge in [-0.05, 0) is 23.3 Å². The molecule has 8 nitrogen and oxygen atoms in total. The zero-order valence-electron chi connectivity index (χ0n) is 15.8. The van der Waals surface area contributed by atoms with Crippen molar-refractivity contribution in [3.63, 3.8) is 0 Å². The molecule has 0 unspecified atom stereocenters. The zero-order chi connectivity index (χ0) is 20.8. The van der Waals surface area contributed by atoms with Crippen molar-refractivity contribution >= 4 is 23.0 Å². The smallest absolute Gasteiger partial charge is 0.353 e. The van der Waals surface area contributed by atoms with Gasteiger partial charge in [-0.15, -0.1) is 0 Å². The lowest BCUT2D eigenvalue weighted by atomic mass is 9.99. The Hall–Kier alpha value is -4.33. The van der Waals surface area contributed by atoms with Gasteiger partial charge in [-0.2, -0.15) is 0 Å². The van der Waals surface area contributed by atoms with Crippen molar-refractivity contribution in [1.29, 1.82) is 0 Å². The van der Waals surface area contributed by atoms with Crippen LogP contribution in [-0.2, 0) is 0 Å². The SMILES string of the molecule is O=[N+]([O-])c1c(Nc2ccncc2)ncnc1NC(c1ccccc1)c1ccccc1. The van der Waals surface area contributed by atoms with Gasteiger partial charge in [-0.3, -0.25) is 15.1 Å². The molecule has 8 heteroatoms. The summed E-state index contributed by atoms with van der Waals surface area (Å²) >= 11 is 0. The molecule has 2 aromatic heterocycles. The van der Waals surface area contributed by atoms with Gasteiger partial charge in [0.05, 0.1) is 11.0 Å². The average Bonchev–Trinajstić information content (AvgIpc) is 2.79. The van der Waals surface area contributed by atoms with Gasteiger partial charge in [0, 0.05) is 18.1 Å². The Morgan fingerprint density at radius 2 is 1.37 bits per heavy atom. The van der Waals surface area contributed by atoms with E-state index in [0.29, 0.717) is 5.69 Å². The molecule has 148 valence electrons. The molecule has 4 rings (SSSR count). The van der Waals surface area contributed by atoms with Crippen molar-refractivity contribution in [1.82, 2.24) is 15.0 Å². The fourth-order valence-corrected chi connectivity index (χ4v) is 3.11. The van der Waals surface area contributed by atoms with Crippen LogP contribution in [0, 0.1) is 10.1 Å².